The number of carbonyl (C=O) groups is 12. The Morgan fingerprint density at radius 1 is 0.613 bits per heavy atom. The van der Waals surface area contributed by atoms with Crippen LogP contribution in [0.1, 0.15) is 162 Å². The van der Waals surface area contributed by atoms with E-state index in [4.69, 9.17) is 33.5 Å². The fraction of sp³-hybridized carbons (Fsp3) is 0.767. The van der Waals surface area contributed by atoms with E-state index in [1.165, 1.54) is 6.92 Å². The van der Waals surface area contributed by atoms with Crippen molar-refractivity contribution in [2.75, 3.05) is 59.3 Å². The van der Waals surface area contributed by atoms with Gasteiger partial charge in [-0.1, -0.05) is 90.0 Å². The van der Waals surface area contributed by atoms with Gasteiger partial charge in [0.1, 0.15) is 54.6 Å². The van der Waals surface area contributed by atoms with Gasteiger partial charge < -0.3 is 106 Å². The predicted molar refractivity (Wildman–Crippen MR) is 342 cm³/mol. The molecule has 10 amide bonds. The molecule has 1 rings (SSSR count). The number of aliphatic hydroxyl groups excluding tert-OH is 4. The lowest BCUT2D eigenvalue weighted by molar-refractivity contribution is -0.155. The molecule has 33 heteroatoms. The number of cyclic esters (lactones) is 1. The Hall–Kier alpha value is -6.65. The first kappa shape index (κ1) is 84.4. The first-order valence-corrected chi connectivity index (χ1v) is 32.8. The van der Waals surface area contributed by atoms with Gasteiger partial charge >= 0.3 is 11.9 Å². The highest BCUT2D eigenvalue weighted by molar-refractivity contribution is 6.18. The van der Waals surface area contributed by atoms with Gasteiger partial charge in [0.2, 0.25) is 53.2 Å². The molecular formula is C60H107ClN14O18. The second kappa shape index (κ2) is 48.1. The zero-order chi connectivity index (χ0) is 70.0. The van der Waals surface area contributed by atoms with Gasteiger partial charge in [0.05, 0.1) is 37.0 Å². The summed E-state index contributed by atoms with van der Waals surface area (Å²) in [6.45, 7) is 3.86. The van der Waals surface area contributed by atoms with Crippen molar-refractivity contribution in [2.24, 2.45) is 17.2 Å². The molecule has 0 aromatic carbocycles. The van der Waals surface area contributed by atoms with Crippen LogP contribution in [0.5, 0.6) is 0 Å². The van der Waals surface area contributed by atoms with Crippen LogP contribution in [0.2, 0.25) is 0 Å². The smallest absolute Gasteiger partial charge is 0.335 e. The van der Waals surface area contributed by atoms with Crippen LogP contribution in [0.4, 0.5) is 0 Å². The Morgan fingerprint density at radius 3 is 1.67 bits per heavy atom. The molecule has 0 spiro atoms. The van der Waals surface area contributed by atoms with Crippen LogP contribution in [-0.2, 0) is 62.3 Å². The molecule has 0 aromatic heterocycles. The summed E-state index contributed by atoms with van der Waals surface area (Å²) in [5.74, 6) is -16.3. The van der Waals surface area contributed by atoms with E-state index in [9.17, 15) is 83.1 Å². The Kier molecular flexibility index (Phi) is 43.6. The number of carboxylic acids is 1. The number of carboxylic acid groups (broad SMARTS) is 1. The summed E-state index contributed by atoms with van der Waals surface area (Å²) in [6, 6.07) is -15.5. The number of unbranched alkanes of at least 4 members (excludes halogenated alkanes) is 13. The van der Waals surface area contributed by atoms with Crippen molar-refractivity contribution < 1.29 is 87.8 Å². The molecule has 0 unspecified atom stereocenters. The minimum atomic E-state index is -2.83. The van der Waals surface area contributed by atoms with E-state index in [2.05, 4.69) is 54.4 Å². The molecule has 0 aromatic rings. The second-order valence-corrected chi connectivity index (χ2v) is 23.7. The SMILES string of the molecule is C/C=C1\NC(=O)[C@H]([C@H](C)O)NC(=O)[C@H](CCN)NC(=O)[C@H](CCCCN)NC(=O)[C@H](CC(=O)NCCCCCCCN(C)C)NC(=O)[C@@H](CCN)NC(=O)[C@@H](NC(=O)C[C@H](O)CCCCCCCCCCC)COC(=O)[C@H]([C@H](O)CCl)NC(=O)[C@H]([C@H](O)C(=O)O)NC1=O. The maximum atomic E-state index is 14.6. The van der Waals surface area contributed by atoms with Crippen LogP contribution in [0.25, 0.3) is 0 Å². The van der Waals surface area contributed by atoms with Crippen molar-refractivity contribution in [3.8, 4) is 0 Å². The number of nitrogens with zero attached hydrogens (tertiary/aromatic N) is 1. The van der Waals surface area contributed by atoms with Crippen molar-refractivity contribution in [1.82, 2.24) is 58.1 Å². The maximum Gasteiger partial charge on any atom is 0.335 e. The van der Waals surface area contributed by atoms with E-state index in [-0.39, 0.29) is 58.3 Å². The van der Waals surface area contributed by atoms with Gasteiger partial charge in [0.15, 0.2) is 12.1 Å². The van der Waals surface area contributed by atoms with Gasteiger partial charge in [-0.25, -0.2) is 9.59 Å². The predicted octanol–water partition coefficient (Wildman–Crippen LogP) is -3.62. The third kappa shape index (κ3) is 34.4. The lowest BCUT2D eigenvalue weighted by Gasteiger charge is -2.29. The molecule has 93 heavy (non-hydrogen) atoms. The number of hydrogen-bond acceptors (Lipinski definition) is 21. The number of hydrogen-bond donors (Lipinski definition) is 18. The largest absolute Gasteiger partial charge is 0.479 e. The van der Waals surface area contributed by atoms with E-state index in [0.717, 1.165) is 96.6 Å². The second-order valence-electron chi connectivity index (χ2n) is 23.4. The Labute approximate surface area is 549 Å². The summed E-state index contributed by atoms with van der Waals surface area (Å²) < 4.78 is 5.37. The zero-order valence-corrected chi connectivity index (χ0v) is 55.4. The van der Waals surface area contributed by atoms with Crippen molar-refractivity contribution in [3.05, 3.63) is 11.8 Å². The number of ether oxygens (including phenoxy) is 1. The lowest BCUT2D eigenvalue weighted by Crippen LogP contribution is -2.62. The summed E-state index contributed by atoms with van der Waals surface area (Å²) in [4.78, 5) is 169. The van der Waals surface area contributed by atoms with Crippen molar-refractivity contribution in [3.63, 3.8) is 0 Å². The van der Waals surface area contributed by atoms with E-state index in [1.807, 2.05) is 24.7 Å². The molecular weight excluding hydrogens is 1240 g/mol. The summed E-state index contributed by atoms with van der Waals surface area (Å²) in [5.41, 5.74) is 16.8. The van der Waals surface area contributed by atoms with Crippen LogP contribution in [0.3, 0.4) is 0 Å². The van der Waals surface area contributed by atoms with Gasteiger partial charge in [-0.2, -0.15) is 0 Å². The molecule has 0 saturated carbocycles. The van der Waals surface area contributed by atoms with Gasteiger partial charge in [-0.05, 0) is 105 Å². The Bertz CT molecular complexity index is 2390. The van der Waals surface area contributed by atoms with Crippen molar-refractivity contribution in [2.45, 2.75) is 235 Å². The highest BCUT2D eigenvalue weighted by atomic mass is 35.5. The van der Waals surface area contributed by atoms with Crippen LogP contribution >= 0.6 is 11.6 Å². The molecule has 532 valence electrons. The fourth-order valence-corrected chi connectivity index (χ4v) is 9.80. The summed E-state index contributed by atoms with van der Waals surface area (Å²) >= 11 is 5.92. The molecule has 1 fully saturated rings. The molecule has 0 radical (unpaired) electrons. The van der Waals surface area contributed by atoms with Gasteiger partial charge in [0, 0.05) is 6.54 Å². The van der Waals surface area contributed by atoms with Crippen LogP contribution in [0.15, 0.2) is 11.8 Å². The highest BCUT2D eigenvalue weighted by Crippen LogP contribution is 2.14. The van der Waals surface area contributed by atoms with Gasteiger partial charge in [-0.15, -0.1) is 11.6 Å². The molecule has 0 bridgehead atoms. The third-order valence-electron chi connectivity index (χ3n) is 15.1. The quantitative estimate of drug-likeness (QED) is 0.0125. The van der Waals surface area contributed by atoms with Crippen molar-refractivity contribution >= 4 is 82.6 Å². The minimum Gasteiger partial charge on any atom is -0.479 e. The number of carbonyl (C=O) groups excluding carboxylic acids is 11. The first-order valence-electron chi connectivity index (χ1n) is 32.3. The number of nitrogens with two attached hydrogens (primary N) is 3. The Morgan fingerprint density at radius 2 is 1.13 bits per heavy atom. The number of amides is 10. The normalized spacial score (nSPS) is 23.2. The van der Waals surface area contributed by atoms with Crippen LogP contribution in [-0.4, -0.2) is 233 Å². The van der Waals surface area contributed by atoms with E-state index in [1.54, 1.807) is 0 Å². The fourth-order valence-electron chi connectivity index (χ4n) is 9.62. The number of esters is 1. The summed E-state index contributed by atoms with van der Waals surface area (Å²) in [7, 11) is 3.94. The lowest BCUT2D eigenvalue weighted by atomic mass is 10.0. The van der Waals surface area contributed by atoms with Crippen LogP contribution < -0.4 is 70.4 Å². The average Bonchev–Trinajstić information content (AvgIpc) is 1.03. The number of alkyl halides is 1. The number of halogens is 1. The monoisotopic (exact) mass is 1350 g/mol. The number of allylic oxidation sites excluding steroid dienone is 1. The number of aliphatic carboxylic acids is 1. The molecule has 32 nitrogen and oxygen atoms in total. The standard InChI is InChI=1S/C60H107ClN14O18/c1-6-8-9-10-11-12-13-15-18-23-37(77)32-46(80)66-43-35-93-60(92)48(44(78)34-61)73-58(89)49(50(81)59(90)91)74-51(82)38(7-2)67-57(88)47(36(3)76)72-54(85)41(26-29-64)69-52(83)39(24-19-20-27-62)68-55(86)42(71-53(84)40(25-28-63)70-56(43)87)33-45(79)65-30-21-16-14-17-22-31-75(4)5/h7,36-37,39-44,47-50,76-78,81H,6,8-35,62-64H2,1-5H3,(H,65,79)(H,66,80)(H,67,88)(H,68,86)(H,69,83)(H,70,87)(H,71,84)(H,72,85)(H,73,89)(H,74,82)(H,90,91)/b38-7-/t36-,37+,39-,40+,41-,42-,43-,44+,47-,48-,49-,50-/m0/s1. The summed E-state index contributed by atoms with van der Waals surface area (Å²) in [6.07, 6.45) is 4.47. The molecule has 0 aliphatic carbocycles. The highest BCUT2D eigenvalue weighted by Gasteiger charge is 2.41. The van der Waals surface area contributed by atoms with E-state index >= 15 is 0 Å². The molecule has 21 N–H and O–H groups in total. The van der Waals surface area contributed by atoms with Crippen molar-refractivity contribution in [1.29, 1.82) is 0 Å². The zero-order valence-electron chi connectivity index (χ0n) is 54.6. The van der Waals surface area contributed by atoms with Gasteiger partial charge in [-0.3, -0.25) is 47.9 Å². The van der Waals surface area contributed by atoms with Gasteiger partial charge in [0.25, 0.3) is 5.91 Å². The van der Waals surface area contributed by atoms with E-state index < -0.39 is 175 Å². The van der Waals surface area contributed by atoms with E-state index in [0.29, 0.717) is 19.3 Å². The molecule has 1 heterocycles. The first-order chi connectivity index (χ1) is 44.2. The molecule has 12 atom stereocenters. The minimum absolute atomic E-state index is 0.141. The molecule has 1 aliphatic rings. The Balaban J connectivity index is 4.10. The summed E-state index contributed by atoms with van der Waals surface area (Å²) in [5, 5.41) is 76.4. The third-order valence-corrected chi connectivity index (χ3v) is 15.4. The molecule has 1 aliphatic heterocycles. The number of rotatable bonds is 36. The number of nitrogens with one attached hydrogen (secondary N) is 10. The average molecular weight is 1350 g/mol. The maximum absolute atomic E-state index is 14.6. The molecule has 1 saturated heterocycles. The topological polar surface area (TPSA) is 517 Å². The number of aliphatic hydroxyl groups is 4. The van der Waals surface area contributed by atoms with Crippen LogP contribution in [0, 0.1) is 0 Å².